The first-order valence-corrected chi connectivity index (χ1v) is 6.75. The average Bonchev–Trinajstić information content (AvgIpc) is 2.90. The normalized spacial score (nSPS) is 45.5. The van der Waals surface area contributed by atoms with Crippen LogP contribution in [-0.2, 0) is 28.5 Å². The number of carbonyl (C=O) groups is 1. The molecule has 20 heavy (non-hydrogen) atoms. The molecule has 0 bridgehead atoms. The quantitative estimate of drug-likeness (QED) is 0.713. The first-order valence-electron chi connectivity index (χ1n) is 6.75. The Bertz CT molecular complexity index is 419. The minimum absolute atomic E-state index is 0.218. The van der Waals surface area contributed by atoms with Crippen molar-refractivity contribution in [3.8, 4) is 0 Å². The number of rotatable bonds is 2. The maximum atomic E-state index is 11.9. The Morgan fingerprint density at radius 1 is 0.950 bits per heavy atom. The highest BCUT2D eigenvalue weighted by Gasteiger charge is 2.61. The first-order chi connectivity index (χ1) is 9.22. The molecule has 0 spiro atoms. The highest BCUT2D eigenvalue weighted by molar-refractivity contribution is 5.78. The van der Waals surface area contributed by atoms with Crippen LogP contribution in [0.1, 0.15) is 27.7 Å². The lowest BCUT2D eigenvalue weighted by atomic mass is 10.0. The fourth-order valence-corrected chi connectivity index (χ4v) is 3.02. The van der Waals surface area contributed by atoms with Crippen LogP contribution in [0.4, 0.5) is 0 Å². The molecule has 3 saturated heterocycles. The van der Waals surface area contributed by atoms with Crippen LogP contribution in [0.5, 0.6) is 0 Å². The molecule has 3 fully saturated rings. The van der Waals surface area contributed by atoms with E-state index in [9.17, 15) is 9.90 Å². The van der Waals surface area contributed by atoms with Crippen LogP contribution in [0.3, 0.4) is 0 Å². The molecule has 0 aromatic carbocycles. The lowest BCUT2D eigenvalue weighted by Crippen LogP contribution is -2.45. The van der Waals surface area contributed by atoms with E-state index in [0.717, 1.165) is 0 Å². The molecule has 0 aromatic heterocycles. The SMILES string of the molecule is CC1(C)O[C@@H]([C@@H]2OC(=O)[C@@H]3OC(C)(C)O[C@H]23)[C@H](CO)O1. The third-order valence-electron chi connectivity index (χ3n) is 3.66. The second kappa shape index (κ2) is 4.38. The van der Waals surface area contributed by atoms with Crippen LogP contribution >= 0.6 is 0 Å². The predicted molar refractivity (Wildman–Crippen MR) is 64.6 cm³/mol. The molecule has 114 valence electrons. The fraction of sp³-hybridized carbons (Fsp3) is 0.923. The molecule has 0 aliphatic carbocycles. The van der Waals surface area contributed by atoms with Gasteiger partial charge in [0, 0.05) is 0 Å². The number of cyclic esters (lactones) is 1. The largest absolute Gasteiger partial charge is 0.455 e. The summed E-state index contributed by atoms with van der Waals surface area (Å²) >= 11 is 0. The number of carbonyl (C=O) groups excluding carboxylic acids is 1. The molecule has 3 rings (SSSR count). The molecule has 7 heteroatoms. The Balaban J connectivity index is 1.82. The third kappa shape index (κ3) is 2.23. The molecule has 0 aromatic rings. The van der Waals surface area contributed by atoms with Gasteiger partial charge in [-0.25, -0.2) is 4.79 Å². The molecule has 3 aliphatic rings. The van der Waals surface area contributed by atoms with Gasteiger partial charge in [-0.3, -0.25) is 0 Å². The molecule has 0 amide bonds. The lowest BCUT2D eigenvalue weighted by Gasteiger charge is -2.26. The minimum atomic E-state index is -0.837. The molecule has 0 radical (unpaired) electrons. The average molecular weight is 288 g/mol. The number of aliphatic hydroxyl groups is 1. The summed E-state index contributed by atoms with van der Waals surface area (Å²) in [6.45, 7) is 6.77. The van der Waals surface area contributed by atoms with Gasteiger partial charge in [0.15, 0.2) is 23.8 Å². The van der Waals surface area contributed by atoms with E-state index >= 15 is 0 Å². The van der Waals surface area contributed by atoms with Gasteiger partial charge in [0.2, 0.25) is 0 Å². The lowest BCUT2D eigenvalue weighted by molar-refractivity contribution is -0.201. The van der Waals surface area contributed by atoms with Crippen LogP contribution in [0.2, 0.25) is 0 Å². The Morgan fingerprint density at radius 3 is 2.20 bits per heavy atom. The zero-order valence-corrected chi connectivity index (χ0v) is 12.0. The van der Waals surface area contributed by atoms with Gasteiger partial charge >= 0.3 is 5.97 Å². The van der Waals surface area contributed by atoms with Gasteiger partial charge in [0.25, 0.3) is 0 Å². The highest BCUT2D eigenvalue weighted by atomic mass is 16.8. The van der Waals surface area contributed by atoms with Gasteiger partial charge in [0.05, 0.1) is 6.61 Å². The van der Waals surface area contributed by atoms with Gasteiger partial charge in [-0.05, 0) is 27.7 Å². The standard InChI is InChI=1S/C13H20O7/c1-12(2)17-6(5-14)7(18-12)8-9-10(11(15)16-8)20-13(3,4)19-9/h6-10,14H,5H2,1-4H3/t6-,7+,8-,9+,10+/m0/s1. The maximum Gasteiger partial charge on any atom is 0.338 e. The molecular weight excluding hydrogens is 268 g/mol. The van der Waals surface area contributed by atoms with E-state index in [2.05, 4.69) is 0 Å². The van der Waals surface area contributed by atoms with Gasteiger partial charge in [0.1, 0.15) is 18.3 Å². The molecule has 7 nitrogen and oxygen atoms in total. The Labute approximate surface area is 117 Å². The summed E-state index contributed by atoms with van der Waals surface area (Å²) in [6.07, 6.45) is -3.08. The van der Waals surface area contributed by atoms with Crippen molar-refractivity contribution in [3.63, 3.8) is 0 Å². The molecule has 1 N–H and O–H groups in total. The predicted octanol–water partition coefficient (Wildman–Crippen LogP) is -0.0557. The number of ether oxygens (including phenoxy) is 5. The smallest absolute Gasteiger partial charge is 0.338 e. The third-order valence-corrected chi connectivity index (χ3v) is 3.66. The summed E-state index contributed by atoms with van der Waals surface area (Å²) in [5, 5.41) is 9.42. The van der Waals surface area contributed by atoms with E-state index in [-0.39, 0.29) is 6.61 Å². The van der Waals surface area contributed by atoms with Gasteiger partial charge in [-0.1, -0.05) is 0 Å². The molecule has 3 heterocycles. The summed E-state index contributed by atoms with van der Waals surface area (Å²) < 4.78 is 28.0. The van der Waals surface area contributed by atoms with Crippen LogP contribution in [0, 0.1) is 0 Å². The second-order valence-electron chi connectivity index (χ2n) is 6.24. The maximum absolute atomic E-state index is 11.9. The zero-order valence-electron chi connectivity index (χ0n) is 12.0. The fourth-order valence-electron chi connectivity index (χ4n) is 3.02. The van der Waals surface area contributed by atoms with Crippen molar-refractivity contribution in [2.45, 2.75) is 69.8 Å². The van der Waals surface area contributed by atoms with Crippen molar-refractivity contribution in [1.82, 2.24) is 0 Å². The Hall–Kier alpha value is -0.730. The van der Waals surface area contributed by atoms with E-state index in [1.165, 1.54) is 0 Å². The topological polar surface area (TPSA) is 83.5 Å². The molecule has 3 aliphatic heterocycles. The van der Waals surface area contributed by atoms with Crippen molar-refractivity contribution in [2.24, 2.45) is 0 Å². The van der Waals surface area contributed by atoms with E-state index in [1.807, 2.05) is 0 Å². The Kier molecular flexibility index (Phi) is 3.11. The van der Waals surface area contributed by atoms with Crippen molar-refractivity contribution >= 4 is 5.97 Å². The van der Waals surface area contributed by atoms with Gasteiger partial charge < -0.3 is 28.8 Å². The van der Waals surface area contributed by atoms with Crippen molar-refractivity contribution in [3.05, 3.63) is 0 Å². The minimum Gasteiger partial charge on any atom is -0.455 e. The number of aliphatic hydroxyl groups excluding tert-OH is 1. The summed E-state index contributed by atoms with van der Waals surface area (Å²) in [5.74, 6) is -2.13. The first kappa shape index (κ1) is 14.2. The van der Waals surface area contributed by atoms with Crippen LogP contribution in [-0.4, -0.2) is 59.8 Å². The summed E-state index contributed by atoms with van der Waals surface area (Å²) in [6, 6.07) is 0. The van der Waals surface area contributed by atoms with E-state index < -0.39 is 48.1 Å². The molecule has 5 atom stereocenters. The second-order valence-corrected chi connectivity index (χ2v) is 6.24. The Morgan fingerprint density at radius 2 is 1.55 bits per heavy atom. The van der Waals surface area contributed by atoms with Crippen molar-refractivity contribution in [2.75, 3.05) is 6.61 Å². The van der Waals surface area contributed by atoms with Crippen LogP contribution in [0.25, 0.3) is 0 Å². The van der Waals surface area contributed by atoms with E-state index in [4.69, 9.17) is 23.7 Å². The number of esters is 1. The number of fused-ring (bicyclic) bond motifs is 1. The van der Waals surface area contributed by atoms with E-state index in [1.54, 1.807) is 27.7 Å². The molecule has 0 saturated carbocycles. The van der Waals surface area contributed by atoms with Gasteiger partial charge in [-0.15, -0.1) is 0 Å². The van der Waals surface area contributed by atoms with Crippen molar-refractivity contribution < 1.29 is 33.6 Å². The summed E-state index contributed by atoms with van der Waals surface area (Å²) in [5.41, 5.74) is 0. The number of hydrogen-bond donors (Lipinski definition) is 1. The van der Waals surface area contributed by atoms with Gasteiger partial charge in [-0.2, -0.15) is 0 Å². The van der Waals surface area contributed by atoms with Crippen LogP contribution in [0.15, 0.2) is 0 Å². The molecular formula is C13H20O7. The molecule has 0 unspecified atom stereocenters. The monoisotopic (exact) mass is 288 g/mol. The number of hydrogen-bond acceptors (Lipinski definition) is 7. The van der Waals surface area contributed by atoms with Crippen molar-refractivity contribution in [1.29, 1.82) is 0 Å². The summed E-state index contributed by atoms with van der Waals surface area (Å²) in [7, 11) is 0. The highest BCUT2D eigenvalue weighted by Crippen LogP contribution is 2.41. The zero-order chi connectivity index (χ0) is 14.7. The summed E-state index contributed by atoms with van der Waals surface area (Å²) in [4.78, 5) is 11.9. The van der Waals surface area contributed by atoms with Crippen LogP contribution < -0.4 is 0 Å². The van der Waals surface area contributed by atoms with E-state index in [0.29, 0.717) is 0 Å².